The fourth-order valence-electron chi connectivity index (χ4n) is 10.3. The van der Waals surface area contributed by atoms with Crippen LogP contribution in [0.2, 0.25) is 0 Å². The molecule has 0 fully saturated rings. The SMILES string of the molecule is CCC(C)CCCCCCCCCCCCC(=O)OC[C@H](COP(=O)(O)OCC(O)COP(=O)(O)OC[C@@H](COC(=O)CCCCCCCCCC(C)C)OC(=O)CCCCCCCCCCCCC(C)C)OC(=O)CCCCCCCCCCC(C)C. The summed E-state index contributed by atoms with van der Waals surface area (Å²) in [4.78, 5) is 72.5. The highest BCUT2D eigenvalue weighted by molar-refractivity contribution is 7.47. The normalized spacial score (nSPS) is 14.6. The molecule has 0 saturated heterocycles. The van der Waals surface area contributed by atoms with Gasteiger partial charge in [-0.05, 0) is 49.4 Å². The lowest BCUT2D eigenvalue weighted by molar-refractivity contribution is -0.161. The zero-order valence-electron chi connectivity index (χ0n) is 57.3. The fraction of sp³-hybridized carbons (Fsp3) is 0.942. The van der Waals surface area contributed by atoms with E-state index in [2.05, 4.69) is 55.4 Å². The van der Waals surface area contributed by atoms with Crippen molar-refractivity contribution in [2.24, 2.45) is 23.7 Å². The molecule has 0 aromatic rings. The van der Waals surface area contributed by atoms with Crippen LogP contribution >= 0.6 is 15.6 Å². The molecule has 522 valence electrons. The van der Waals surface area contributed by atoms with E-state index in [1.54, 1.807) is 0 Å². The average molecular weight is 1300 g/mol. The van der Waals surface area contributed by atoms with Crippen molar-refractivity contribution in [3.05, 3.63) is 0 Å². The van der Waals surface area contributed by atoms with Gasteiger partial charge in [0.05, 0.1) is 26.4 Å². The Morgan fingerprint density at radius 1 is 0.318 bits per heavy atom. The number of ether oxygens (including phenoxy) is 4. The van der Waals surface area contributed by atoms with Crippen LogP contribution in [0.1, 0.15) is 338 Å². The molecule has 0 radical (unpaired) electrons. The van der Waals surface area contributed by atoms with Gasteiger partial charge in [-0.15, -0.1) is 0 Å². The molecule has 0 aliphatic carbocycles. The first kappa shape index (κ1) is 86.1. The first-order valence-electron chi connectivity index (χ1n) is 35.7. The molecule has 0 aromatic carbocycles. The fourth-order valence-corrected chi connectivity index (χ4v) is 11.9. The Bertz CT molecular complexity index is 1750. The summed E-state index contributed by atoms with van der Waals surface area (Å²) in [5, 5.41) is 10.6. The number of rotatable bonds is 66. The number of hydrogen-bond acceptors (Lipinski definition) is 15. The van der Waals surface area contributed by atoms with Gasteiger partial charge >= 0.3 is 39.5 Å². The van der Waals surface area contributed by atoms with Gasteiger partial charge in [-0.2, -0.15) is 0 Å². The Morgan fingerprint density at radius 2 is 0.545 bits per heavy atom. The summed E-state index contributed by atoms with van der Waals surface area (Å²) >= 11 is 0. The van der Waals surface area contributed by atoms with Crippen LogP contribution in [0.15, 0.2) is 0 Å². The lowest BCUT2D eigenvalue weighted by Crippen LogP contribution is -2.30. The van der Waals surface area contributed by atoms with E-state index < -0.39 is 97.5 Å². The quantitative estimate of drug-likeness (QED) is 0.0222. The smallest absolute Gasteiger partial charge is 0.462 e. The van der Waals surface area contributed by atoms with Crippen LogP contribution in [0.25, 0.3) is 0 Å². The highest BCUT2D eigenvalue weighted by atomic mass is 31.2. The Balaban J connectivity index is 5.25. The van der Waals surface area contributed by atoms with E-state index in [0.29, 0.717) is 31.6 Å². The van der Waals surface area contributed by atoms with Gasteiger partial charge in [-0.1, -0.05) is 287 Å². The van der Waals surface area contributed by atoms with E-state index in [9.17, 15) is 43.2 Å². The second-order valence-electron chi connectivity index (χ2n) is 26.6. The third kappa shape index (κ3) is 61.6. The zero-order valence-corrected chi connectivity index (χ0v) is 59.1. The maximum Gasteiger partial charge on any atom is 0.472 e. The number of phosphoric ester groups is 2. The monoisotopic (exact) mass is 1300 g/mol. The second kappa shape index (κ2) is 58.8. The van der Waals surface area contributed by atoms with Gasteiger partial charge in [0.15, 0.2) is 12.2 Å². The molecular formula is C69H134O17P2. The molecule has 0 aromatic heterocycles. The molecular weight excluding hydrogens is 1160 g/mol. The van der Waals surface area contributed by atoms with E-state index in [4.69, 9.17) is 37.0 Å². The second-order valence-corrected chi connectivity index (χ2v) is 29.5. The minimum Gasteiger partial charge on any atom is -0.462 e. The number of unbranched alkanes of at least 4 members (excludes halogenated alkanes) is 31. The molecule has 0 aliphatic heterocycles. The largest absolute Gasteiger partial charge is 0.472 e. The molecule has 0 heterocycles. The van der Waals surface area contributed by atoms with Crippen LogP contribution in [0.3, 0.4) is 0 Å². The van der Waals surface area contributed by atoms with Crippen molar-refractivity contribution in [2.45, 2.75) is 356 Å². The lowest BCUT2D eigenvalue weighted by Gasteiger charge is -2.21. The summed E-state index contributed by atoms with van der Waals surface area (Å²) < 4.78 is 68.2. The van der Waals surface area contributed by atoms with E-state index in [0.717, 1.165) is 114 Å². The standard InChI is InChI=1S/C69H134O17P2/c1-9-62(8)48-40-32-24-15-11-13-16-25-33-41-49-66(71)79-55-64(86-69(74)52-44-36-27-19-18-22-30-38-46-60(4)5)57-83-87(75,76)81-53-63(70)54-82-88(77,78)84-58-65(56-80-67(72)50-42-34-28-20-23-31-39-47-61(6)7)85-68(73)51-43-35-26-17-12-10-14-21-29-37-45-59(2)3/h59-65,70H,9-58H2,1-8H3,(H,75,76)(H,77,78)/t62?,63?,64-,65-/m1/s1. The molecule has 19 heteroatoms. The predicted molar refractivity (Wildman–Crippen MR) is 354 cm³/mol. The van der Waals surface area contributed by atoms with Gasteiger partial charge in [0, 0.05) is 25.7 Å². The molecule has 0 rings (SSSR count). The topological polar surface area (TPSA) is 237 Å². The van der Waals surface area contributed by atoms with E-state index in [1.807, 2.05) is 0 Å². The van der Waals surface area contributed by atoms with Gasteiger partial charge in [-0.3, -0.25) is 37.3 Å². The summed E-state index contributed by atoms with van der Waals surface area (Å²) in [5.74, 6) is 0.852. The van der Waals surface area contributed by atoms with Crippen LogP contribution < -0.4 is 0 Å². The van der Waals surface area contributed by atoms with Gasteiger partial charge < -0.3 is 33.8 Å². The summed E-state index contributed by atoms with van der Waals surface area (Å²) in [5.41, 5.74) is 0. The van der Waals surface area contributed by atoms with Crippen LogP contribution in [-0.4, -0.2) is 96.7 Å². The summed E-state index contributed by atoms with van der Waals surface area (Å²) in [6.45, 7) is 14.1. The van der Waals surface area contributed by atoms with Crippen LogP contribution in [0.4, 0.5) is 0 Å². The predicted octanol–water partition coefficient (Wildman–Crippen LogP) is 19.3. The Hall–Kier alpha value is -1.94. The first-order valence-corrected chi connectivity index (χ1v) is 38.7. The third-order valence-electron chi connectivity index (χ3n) is 16.2. The minimum absolute atomic E-state index is 0.104. The van der Waals surface area contributed by atoms with Crippen LogP contribution in [-0.2, 0) is 65.4 Å². The van der Waals surface area contributed by atoms with E-state index >= 15 is 0 Å². The summed E-state index contributed by atoms with van der Waals surface area (Å²) in [6.07, 6.45) is 40.3. The summed E-state index contributed by atoms with van der Waals surface area (Å²) in [6, 6.07) is 0. The van der Waals surface area contributed by atoms with Gasteiger partial charge in [0.2, 0.25) is 0 Å². The third-order valence-corrected chi connectivity index (χ3v) is 18.1. The molecule has 4 unspecified atom stereocenters. The number of aliphatic hydroxyl groups excluding tert-OH is 1. The highest BCUT2D eigenvalue weighted by Gasteiger charge is 2.30. The van der Waals surface area contributed by atoms with E-state index in [1.165, 1.54) is 135 Å². The molecule has 0 spiro atoms. The molecule has 6 atom stereocenters. The Morgan fingerprint density at radius 3 is 0.807 bits per heavy atom. The van der Waals surface area contributed by atoms with Gasteiger partial charge in [0.25, 0.3) is 0 Å². The van der Waals surface area contributed by atoms with Crippen molar-refractivity contribution < 1.29 is 80.2 Å². The molecule has 0 saturated carbocycles. The average Bonchev–Trinajstić information content (AvgIpc) is 3.66. The molecule has 0 bridgehead atoms. The van der Waals surface area contributed by atoms with Crippen molar-refractivity contribution in [1.82, 2.24) is 0 Å². The number of hydrogen-bond donors (Lipinski definition) is 3. The first-order chi connectivity index (χ1) is 42.1. The van der Waals surface area contributed by atoms with E-state index in [-0.39, 0.29) is 25.7 Å². The van der Waals surface area contributed by atoms with Crippen molar-refractivity contribution in [2.75, 3.05) is 39.6 Å². The number of carbonyl (C=O) groups excluding carboxylic acids is 4. The maximum atomic E-state index is 13.0. The molecule has 3 N–H and O–H groups in total. The number of aliphatic hydroxyl groups is 1. The molecule has 88 heavy (non-hydrogen) atoms. The van der Waals surface area contributed by atoms with Crippen molar-refractivity contribution in [1.29, 1.82) is 0 Å². The van der Waals surface area contributed by atoms with Crippen LogP contribution in [0, 0.1) is 23.7 Å². The van der Waals surface area contributed by atoms with Crippen molar-refractivity contribution in [3.8, 4) is 0 Å². The van der Waals surface area contributed by atoms with Gasteiger partial charge in [-0.25, -0.2) is 9.13 Å². The maximum absolute atomic E-state index is 13.0. The number of esters is 4. The number of phosphoric acid groups is 2. The Labute approximate surface area is 537 Å². The highest BCUT2D eigenvalue weighted by Crippen LogP contribution is 2.45. The minimum atomic E-state index is -4.95. The number of carbonyl (C=O) groups is 4. The summed E-state index contributed by atoms with van der Waals surface area (Å²) in [7, 11) is -9.90. The van der Waals surface area contributed by atoms with Crippen molar-refractivity contribution >= 4 is 39.5 Å². The molecule has 0 amide bonds. The molecule has 17 nitrogen and oxygen atoms in total. The molecule has 0 aliphatic rings. The zero-order chi connectivity index (χ0) is 65.4. The Kier molecular flexibility index (Phi) is 57.6. The lowest BCUT2D eigenvalue weighted by atomic mass is 9.99. The van der Waals surface area contributed by atoms with Crippen molar-refractivity contribution in [3.63, 3.8) is 0 Å². The van der Waals surface area contributed by atoms with Gasteiger partial charge in [0.1, 0.15) is 19.3 Å². The van der Waals surface area contributed by atoms with Crippen LogP contribution in [0.5, 0.6) is 0 Å².